The van der Waals surface area contributed by atoms with Crippen LogP contribution in [0.4, 0.5) is 4.39 Å². The summed E-state index contributed by atoms with van der Waals surface area (Å²) < 4.78 is 18.2. The first kappa shape index (κ1) is 19.4. The van der Waals surface area contributed by atoms with Gasteiger partial charge in [0.25, 0.3) is 0 Å². The van der Waals surface area contributed by atoms with Crippen molar-refractivity contribution >= 4 is 11.9 Å². The Balaban J connectivity index is 1.75. The first-order chi connectivity index (χ1) is 12.4. The summed E-state index contributed by atoms with van der Waals surface area (Å²) in [5.74, 6) is -1.64. The molecule has 2 N–H and O–H groups in total. The van der Waals surface area contributed by atoms with Gasteiger partial charge in [0.1, 0.15) is 11.6 Å². The Labute approximate surface area is 151 Å². The van der Waals surface area contributed by atoms with E-state index in [-0.39, 0.29) is 18.2 Å². The largest absolute Gasteiger partial charge is 0.478 e. The molecule has 0 radical (unpaired) electrons. The molecule has 138 valence electrons. The smallest absolute Gasteiger partial charge is 0.346 e. The number of aryl methyl sites for hydroxylation is 2. The van der Waals surface area contributed by atoms with E-state index in [0.717, 1.165) is 12.0 Å². The number of rotatable bonds is 9. The first-order valence-corrected chi connectivity index (χ1v) is 8.41. The fourth-order valence-electron chi connectivity index (χ4n) is 2.36. The molecule has 0 aliphatic carbocycles. The van der Waals surface area contributed by atoms with E-state index in [1.165, 1.54) is 29.8 Å². The molecule has 1 atom stereocenters. The van der Waals surface area contributed by atoms with Crippen LogP contribution >= 0.6 is 0 Å². The van der Waals surface area contributed by atoms with Crippen molar-refractivity contribution in [2.24, 2.45) is 0 Å². The van der Waals surface area contributed by atoms with E-state index in [1.54, 1.807) is 0 Å². The van der Waals surface area contributed by atoms with E-state index >= 15 is 0 Å². The second-order valence-electron chi connectivity index (χ2n) is 6.04. The highest BCUT2D eigenvalue weighted by Gasteiger charge is 2.20. The third-order valence-corrected chi connectivity index (χ3v) is 3.84. The van der Waals surface area contributed by atoms with Crippen LogP contribution in [-0.4, -0.2) is 29.6 Å². The number of aliphatic carboxylic acids is 1. The van der Waals surface area contributed by atoms with Crippen LogP contribution in [0, 0.1) is 12.7 Å². The number of ether oxygens (including phenoxy) is 1. The molecule has 0 heterocycles. The molecule has 5 nitrogen and oxygen atoms in total. The van der Waals surface area contributed by atoms with Gasteiger partial charge in [0.2, 0.25) is 12.0 Å². The Hall–Kier alpha value is -2.89. The van der Waals surface area contributed by atoms with Crippen LogP contribution in [-0.2, 0) is 16.0 Å². The van der Waals surface area contributed by atoms with E-state index in [1.807, 2.05) is 31.2 Å². The quantitative estimate of drug-likeness (QED) is 0.721. The summed E-state index contributed by atoms with van der Waals surface area (Å²) >= 11 is 0. The number of hydrogen-bond donors (Lipinski definition) is 2. The number of halogens is 1. The van der Waals surface area contributed by atoms with Gasteiger partial charge in [-0.05, 0) is 49.6 Å². The Morgan fingerprint density at radius 1 is 1.12 bits per heavy atom. The zero-order chi connectivity index (χ0) is 18.9. The summed E-state index contributed by atoms with van der Waals surface area (Å²) in [6.07, 6.45) is 0.520. The van der Waals surface area contributed by atoms with E-state index in [2.05, 4.69) is 5.32 Å². The topological polar surface area (TPSA) is 75.6 Å². The number of carboxylic acids is 1. The summed E-state index contributed by atoms with van der Waals surface area (Å²) in [6, 6.07) is 13.2. The standard InChI is InChI=1S/C20H22FNO4/c1-14-5-7-15(8-6-14)3-2-4-19(23)22-13-18(20(24)25)26-17-11-9-16(21)10-12-17/h5-12,18H,2-4,13H2,1H3,(H,22,23)(H,24,25). The molecule has 6 heteroatoms. The minimum Gasteiger partial charge on any atom is -0.478 e. The van der Waals surface area contributed by atoms with Crippen molar-refractivity contribution in [2.75, 3.05) is 6.54 Å². The van der Waals surface area contributed by atoms with Crippen molar-refractivity contribution in [2.45, 2.75) is 32.3 Å². The molecule has 2 aromatic carbocycles. The second kappa shape index (κ2) is 9.56. The number of carbonyl (C=O) groups is 2. The van der Waals surface area contributed by atoms with Crippen molar-refractivity contribution in [3.8, 4) is 5.75 Å². The van der Waals surface area contributed by atoms with Gasteiger partial charge in [-0.2, -0.15) is 0 Å². The maximum Gasteiger partial charge on any atom is 0.346 e. The summed E-state index contributed by atoms with van der Waals surface area (Å²) in [7, 11) is 0. The third kappa shape index (κ3) is 6.55. The van der Waals surface area contributed by atoms with Crippen molar-refractivity contribution in [3.63, 3.8) is 0 Å². The molecule has 0 spiro atoms. The molecular formula is C20H22FNO4. The molecule has 2 rings (SSSR count). The monoisotopic (exact) mass is 359 g/mol. The van der Waals surface area contributed by atoms with Gasteiger partial charge in [-0.3, -0.25) is 4.79 Å². The number of benzene rings is 2. The van der Waals surface area contributed by atoms with Crippen LogP contribution in [0.5, 0.6) is 5.75 Å². The van der Waals surface area contributed by atoms with Crippen molar-refractivity contribution in [1.82, 2.24) is 5.32 Å². The predicted molar refractivity (Wildman–Crippen MR) is 95.6 cm³/mol. The summed E-state index contributed by atoms with van der Waals surface area (Å²) in [6.45, 7) is 1.86. The minimum atomic E-state index is -1.23. The SMILES string of the molecule is Cc1ccc(CCCC(=O)NCC(Oc2ccc(F)cc2)C(=O)O)cc1. The fourth-order valence-corrected chi connectivity index (χ4v) is 2.36. The highest BCUT2D eigenvalue weighted by Crippen LogP contribution is 2.13. The Morgan fingerprint density at radius 2 is 1.77 bits per heavy atom. The molecule has 0 aromatic heterocycles. The van der Waals surface area contributed by atoms with Crippen LogP contribution in [0.3, 0.4) is 0 Å². The van der Waals surface area contributed by atoms with Gasteiger partial charge >= 0.3 is 5.97 Å². The number of amides is 1. The van der Waals surface area contributed by atoms with Gasteiger partial charge in [0.15, 0.2) is 0 Å². The molecule has 26 heavy (non-hydrogen) atoms. The lowest BCUT2D eigenvalue weighted by Gasteiger charge is -2.16. The van der Waals surface area contributed by atoms with Crippen LogP contribution in [0.15, 0.2) is 48.5 Å². The molecular weight excluding hydrogens is 337 g/mol. The molecule has 1 unspecified atom stereocenters. The number of carbonyl (C=O) groups excluding carboxylic acids is 1. The van der Waals surface area contributed by atoms with E-state index in [9.17, 15) is 19.1 Å². The van der Waals surface area contributed by atoms with Crippen molar-refractivity contribution in [3.05, 3.63) is 65.5 Å². The molecule has 2 aromatic rings. The predicted octanol–water partition coefficient (Wildman–Crippen LogP) is 3.11. The maximum atomic E-state index is 12.9. The van der Waals surface area contributed by atoms with Gasteiger partial charge in [0.05, 0.1) is 6.54 Å². The lowest BCUT2D eigenvalue weighted by atomic mass is 10.1. The molecule has 0 aliphatic heterocycles. The molecule has 0 fully saturated rings. The van der Waals surface area contributed by atoms with Gasteiger partial charge in [0, 0.05) is 6.42 Å². The Kier molecular flexibility index (Phi) is 7.14. The number of carboxylic acid groups (broad SMARTS) is 1. The van der Waals surface area contributed by atoms with Crippen LogP contribution < -0.4 is 10.1 Å². The maximum absolute atomic E-state index is 12.9. The van der Waals surface area contributed by atoms with Crippen molar-refractivity contribution in [1.29, 1.82) is 0 Å². The van der Waals surface area contributed by atoms with Crippen LogP contribution in [0.25, 0.3) is 0 Å². The van der Waals surface area contributed by atoms with Gasteiger partial charge < -0.3 is 15.2 Å². The van der Waals surface area contributed by atoms with Gasteiger partial charge in [-0.15, -0.1) is 0 Å². The lowest BCUT2D eigenvalue weighted by Crippen LogP contribution is -2.40. The van der Waals surface area contributed by atoms with E-state index in [4.69, 9.17) is 4.74 Å². The van der Waals surface area contributed by atoms with Crippen LogP contribution in [0.1, 0.15) is 24.0 Å². The summed E-state index contributed by atoms with van der Waals surface area (Å²) in [5, 5.41) is 11.8. The second-order valence-corrected chi connectivity index (χ2v) is 6.04. The molecule has 1 amide bonds. The van der Waals surface area contributed by atoms with Crippen LogP contribution in [0.2, 0.25) is 0 Å². The van der Waals surface area contributed by atoms with E-state index < -0.39 is 17.9 Å². The molecule has 0 saturated heterocycles. The summed E-state index contributed by atoms with van der Waals surface area (Å²) in [5.41, 5.74) is 2.35. The Morgan fingerprint density at radius 3 is 2.38 bits per heavy atom. The zero-order valence-electron chi connectivity index (χ0n) is 14.6. The molecule has 0 bridgehead atoms. The first-order valence-electron chi connectivity index (χ1n) is 8.41. The molecule has 0 aliphatic rings. The van der Waals surface area contributed by atoms with Gasteiger partial charge in [-0.25, -0.2) is 9.18 Å². The van der Waals surface area contributed by atoms with Crippen molar-refractivity contribution < 1.29 is 23.8 Å². The lowest BCUT2D eigenvalue weighted by molar-refractivity contribution is -0.145. The zero-order valence-corrected chi connectivity index (χ0v) is 14.6. The number of nitrogens with one attached hydrogen (secondary N) is 1. The summed E-state index contributed by atoms with van der Waals surface area (Å²) in [4.78, 5) is 23.2. The highest BCUT2D eigenvalue weighted by molar-refractivity contribution is 5.78. The number of hydrogen-bond acceptors (Lipinski definition) is 3. The molecule has 0 saturated carbocycles. The minimum absolute atomic E-state index is 0.157. The van der Waals surface area contributed by atoms with Gasteiger partial charge in [-0.1, -0.05) is 29.8 Å². The normalized spacial score (nSPS) is 11.6. The Bertz CT molecular complexity index is 728. The highest BCUT2D eigenvalue weighted by atomic mass is 19.1. The average molecular weight is 359 g/mol. The third-order valence-electron chi connectivity index (χ3n) is 3.84. The average Bonchev–Trinajstić information content (AvgIpc) is 2.61. The fraction of sp³-hybridized carbons (Fsp3) is 0.300. The van der Waals surface area contributed by atoms with E-state index in [0.29, 0.717) is 12.8 Å².